The minimum atomic E-state index is 0.159. The van der Waals surface area contributed by atoms with E-state index in [2.05, 4.69) is 34.5 Å². The van der Waals surface area contributed by atoms with Crippen molar-refractivity contribution in [2.45, 2.75) is 11.7 Å². The van der Waals surface area contributed by atoms with Crippen LogP contribution in [0.4, 0.5) is 0 Å². The molecule has 0 saturated carbocycles. The smallest absolute Gasteiger partial charge is 0.233 e. The van der Waals surface area contributed by atoms with Gasteiger partial charge in [-0.05, 0) is 12.1 Å². The second kappa shape index (κ2) is 8.62. The first-order valence-corrected chi connectivity index (χ1v) is 10.4. The number of quaternary nitrogens is 1. The lowest BCUT2D eigenvalue weighted by Gasteiger charge is -2.32. The van der Waals surface area contributed by atoms with E-state index >= 15 is 0 Å². The van der Waals surface area contributed by atoms with Crippen LogP contribution in [0, 0.1) is 0 Å². The number of aromatic nitrogens is 3. The summed E-state index contributed by atoms with van der Waals surface area (Å²) in [5, 5.41) is 9.07. The molecule has 1 aliphatic heterocycles. The average Bonchev–Trinajstić information content (AvgIpc) is 3.37. The van der Waals surface area contributed by atoms with E-state index in [9.17, 15) is 4.79 Å². The van der Waals surface area contributed by atoms with Crippen molar-refractivity contribution in [3.8, 4) is 11.6 Å². The number of carbonyl (C=O) groups excluding carboxylic acids is 1. The molecule has 0 unspecified atom stereocenters. The van der Waals surface area contributed by atoms with Gasteiger partial charge in [-0.25, -0.2) is 0 Å². The summed E-state index contributed by atoms with van der Waals surface area (Å²) in [6.45, 7) is 4.60. The van der Waals surface area contributed by atoms with Gasteiger partial charge in [-0.2, -0.15) is 0 Å². The van der Waals surface area contributed by atoms with Gasteiger partial charge in [0.2, 0.25) is 5.91 Å². The average molecular weight is 399 g/mol. The van der Waals surface area contributed by atoms with Gasteiger partial charge >= 0.3 is 0 Å². The van der Waals surface area contributed by atoms with Crippen LogP contribution in [-0.2, 0) is 18.4 Å². The Morgan fingerprint density at radius 2 is 1.93 bits per heavy atom. The Hall–Kier alpha value is -2.58. The number of benzene rings is 1. The van der Waals surface area contributed by atoms with E-state index in [1.165, 1.54) is 22.2 Å². The quantitative estimate of drug-likeness (QED) is 0.630. The molecule has 1 aliphatic rings. The van der Waals surface area contributed by atoms with Gasteiger partial charge in [-0.3, -0.25) is 4.79 Å². The van der Waals surface area contributed by atoms with Crippen molar-refractivity contribution in [1.29, 1.82) is 0 Å². The molecule has 0 radical (unpaired) electrons. The summed E-state index contributed by atoms with van der Waals surface area (Å²) in [4.78, 5) is 16.1. The number of amides is 1. The molecule has 3 heterocycles. The summed E-state index contributed by atoms with van der Waals surface area (Å²) in [5.74, 6) is 1.87. The monoisotopic (exact) mass is 398 g/mol. The fourth-order valence-corrected chi connectivity index (χ4v) is 4.23. The van der Waals surface area contributed by atoms with E-state index in [4.69, 9.17) is 4.42 Å². The summed E-state index contributed by atoms with van der Waals surface area (Å²) < 4.78 is 7.24. The molecule has 3 aromatic rings. The second-order valence-corrected chi connectivity index (χ2v) is 7.87. The standard InChI is InChI=1S/C20H23N5O2S/c1-23-19(17-8-5-13-27-17)21-22-20(23)28-15-18(26)25-11-9-24(10-12-25)14-16-6-3-2-4-7-16/h2-8,13H,9-12,14-15H2,1H3/p+1. The molecule has 146 valence electrons. The van der Waals surface area contributed by atoms with E-state index in [-0.39, 0.29) is 5.91 Å². The van der Waals surface area contributed by atoms with Crippen molar-refractivity contribution in [1.82, 2.24) is 19.7 Å². The first kappa shape index (κ1) is 18.8. The first-order chi connectivity index (χ1) is 13.7. The van der Waals surface area contributed by atoms with Gasteiger partial charge in [0.05, 0.1) is 38.2 Å². The van der Waals surface area contributed by atoms with Crippen LogP contribution in [0.5, 0.6) is 0 Å². The van der Waals surface area contributed by atoms with Gasteiger partial charge in [0.25, 0.3) is 0 Å². The van der Waals surface area contributed by atoms with Crippen molar-refractivity contribution in [2.75, 3.05) is 31.9 Å². The molecule has 4 rings (SSSR count). The number of hydrogen-bond acceptors (Lipinski definition) is 5. The summed E-state index contributed by atoms with van der Waals surface area (Å²) in [7, 11) is 1.89. The molecule has 1 saturated heterocycles. The summed E-state index contributed by atoms with van der Waals surface area (Å²) >= 11 is 1.42. The molecule has 1 N–H and O–H groups in total. The van der Waals surface area contributed by atoms with Crippen LogP contribution < -0.4 is 4.90 Å². The topological polar surface area (TPSA) is 68.6 Å². The zero-order valence-corrected chi connectivity index (χ0v) is 16.7. The molecular weight excluding hydrogens is 374 g/mol. The maximum atomic E-state index is 12.6. The third-order valence-corrected chi connectivity index (χ3v) is 6.03. The highest BCUT2D eigenvalue weighted by Gasteiger charge is 2.24. The van der Waals surface area contributed by atoms with Crippen molar-refractivity contribution < 1.29 is 14.1 Å². The molecule has 28 heavy (non-hydrogen) atoms. The Labute approximate surface area is 168 Å². The molecule has 8 heteroatoms. The zero-order chi connectivity index (χ0) is 19.3. The van der Waals surface area contributed by atoms with Crippen molar-refractivity contribution in [3.63, 3.8) is 0 Å². The number of rotatable bonds is 6. The predicted molar refractivity (Wildman–Crippen MR) is 107 cm³/mol. The molecular formula is C20H24N5O2S+. The molecule has 7 nitrogen and oxygen atoms in total. The van der Waals surface area contributed by atoms with Crippen LogP contribution >= 0.6 is 11.8 Å². The van der Waals surface area contributed by atoms with Crippen LogP contribution in [0.1, 0.15) is 5.56 Å². The highest BCUT2D eigenvalue weighted by molar-refractivity contribution is 7.99. The summed E-state index contributed by atoms with van der Waals surface area (Å²) in [6.07, 6.45) is 1.61. The Balaban J connectivity index is 1.26. The molecule has 1 fully saturated rings. The van der Waals surface area contributed by atoms with Crippen molar-refractivity contribution in [2.24, 2.45) is 7.05 Å². The van der Waals surface area contributed by atoms with Crippen LogP contribution in [0.15, 0.2) is 58.3 Å². The molecule has 1 aromatic carbocycles. The Kier molecular flexibility index (Phi) is 5.78. The van der Waals surface area contributed by atoms with Gasteiger partial charge < -0.3 is 18.8 Å². The van der Waals surface area contributed by atoms with Crippen LogP contribution in [0.3, 0.4) is 0 Å². The van der Waals surface area contributed by atoms with Gasteiger partial charge in [0.1, 0.15) is 6.54 Å². The molecule has 1 amide bonds. The van der Waals surface area contributed by atoms with Gasteiger partial charge in [-0.1, -0.05) is 42.1 Å². The zero-order valence-electron chi connectivity index (χ0n) is 15.9. The Morgan fingerprint density at radius 1 is 1.14 bits per heavy atom. The number of nitrogens with one attached hydrogen (secondary N) is 1. The SMILES string of the molecule is Cn1c(SCC(=O)N2CC[NH+](Cc3ccccc3)CC2)nnc1-c1ccco1. The van der Waals surface area contributed by atoms with Crippen LogP contribution in [0.25, 0.3) is 11.6 Å². The molecule has 0 bridgehead atoms. The number of carbonyl (C=O) groups is 1. The van der Waals surface area contributed by atoms with Crippen molar-refractivity contribution >= 4 is 17.7 Å². The lowest BCUT2D eigenvalue weighted by atomic mass is 10.2. The third-order valence-electron chi connectivity index (χ3n) is 5.02. The molecule has 0 atom stereocenters. The summed E-state index contributed by atoms with van der Waals surface area (Å²) in [6, 6.07) is 14.2. The highest BCUT2D eigenvalue weighted by Crippen LogP contribution is 2.23. The molecule has 0 aliphatic carbocycles. The number of furan rings is 1. The van der Waals surface area contributed by atoms with Gasteiger partial charge in [-0.15, -0.1) is 10.2 Å². The predicted octanol–water partition coefficient (Wildman–Crippen LogP) is 1.09. The van der Waals surface area contributed by atoms with Crippen LogP contribution in [0.2, 0.25) is 0 Å². The second-order valence-electron chi connectivity index (χ2n) is 6.92. The maximum Gasteiger partial charge on any atom is 0.233 e. The normalized spacial score (nSPS) is 15.1. The first-order valence-electron chi connectivity index (χ1n) is 9.42. The fourth-order valence-electron chi connectivity index (χ4n) is 3.41. The van der Waals surface area contributed by atoms with Crippen LogP contribution in [-0.4, -0.2) is 57.5 Å². The molecule has 0 spiro atoms. The summed E-state index contributed by atoms with van der Waals surface area (Å²) in [5.41, 5.74) is 1.35. The lowest BCUT2D eigenvalue weighted by Crippen LogP contribution is -3.13. The highest BCUT2D eigenvalue weighted by atomic mass is 32.2. The number of thioether (sulfide) groups is 1. The number of nitrogens with zero attached hydrogens (tertiary/aromatic N) is 4. The third kappa shape index (κ3) is 4.28. The van der Waals surface area contributed by atoms with E-state index in [0.29, 0.717) is 22.5 Å². The lowest BCUT2D eigenvalue weighted by molar-refractivity contribution is -0.917. The van der Waals surface area contributed by atoms with E-state index in [1.54, 1.807) is 6.26 Å². The minimum Gasteiger partial charge on any atom is -0.461 e. The van der Waals surface area contributed by atoms with Crippen molar-refractivity contribution in [3.05, 3.63) is 54.3 Å². The largest absolute Gasteiger partial charge is 0.461 e. The maximum absolute atomic E-state index is 12.6. The molecule has 2 aromatic heterocycles. The fraction of sp³-hybridized carbons (Fsp3) is 0.350. The number of hydrogen-bond donors (Lipinski definition) is 1. The van der Waals surface area contributed by atoms with E-state index in [0.717, 1.165) is 32.7 Å². The van der Waals surface area contributed by atoms with Gasteiger partial charge in [0, 0.05) is 12.6 Å². The number of piperazine rings is 1. The Bertz CT molecular complexity index is 902. The minimum absolute atomic E-state index is 0.159. The van der Waals surface area contributed by atoms with E-state index < -0.39 is 0 Å². The van der Waals surface area contributed by atoms with Gasteiger partial charge in [0.15, 0.2) is 16.7 Å². The van der Waals surface area contributed by atoms with E-state index in [1.807, 2.05) is 34.7 Å². The Morgan fingerprint density at radius 3 is 2.64 bits per heavy atom.